The number of rotatable bonds is 5. The van der Waals surface area contributed by atoms with Gasteiger partial charge in [-0.3, -0.25) is 4.74 Å². The van der Waals surface area contributed by atoms with Crippen molar-refractivity contribution < 1.29 is 0 Å². The summed E-state index contributed by atoms with van der Waals surface area (Å²) >= 11 is 0. The predicted molar refractivity (Wildman–Crippen MR) is 136 cm³/mol. The molecule has 0 N–H and O–H groups in total. The lowest BCUT2D eigenvalue weighted by Crippen LogP contribution is -2.27. The fraction of sp³-hybridized carbons (Fsp3) is 0.172. The highest BCUT2D eigenvalue weighted by Gasteiger charge is 2.33. The summed E-state index contributed by atoms with van der Waals surface area (Å²) in [7, 11) is -2.25. The Labute approximate surface area is 186 Å². The van der Waals surface area contributed by atoms with E-state index in [0.717, 1.165) is 0 Å². The van der Waals surface area contributed by atoms with Crippen molar-refractivity contribution in [1.29, 1.82) is 0 Å². The summed E-state index contributed by atoms with van der Waals surface area (Å²) in [5.41, 5.74) is 1.24. The summed E-state index contributed by atoms with van der Waals surface area (Å²) in [6.45, 7) is 6.89. The van der Waals surface area contributed by atoms with Gasteiger partial charge in [-0.15, -0.1) is 0 Å². The highest BCUT2D eigenvalue weighted by Crippen LogP contribution is 2.52. The van der Waals surface area contributed by atoms with Crippen molar-refractivity contribution >= 4 is 23.0 Å². The van der Waals surface area contributed by atoms with Crippen molar-refractivity contribution in [3.8, 4) is 0 Å². The Hall–Kier alpha value is -2.89. The average Bonchev–Trinajstić information content (AvgIpc) is 2.81. The van der Waals surface area contributed by atoms with Crippen LogP contribution in [-0.2, 0) is 0 Å². The lowest BCUT2D eigenvalue weighted by Gasteiger charge is -2.34. The van der Waals surface area contributed by atoms with Gasteiger partial charge in [-0.25, -0.2) is 0 Å². The van der Waals surface area contributed by atoms with Crippen LogP contribution in [0.1, 0.15) is 32.4 Å². The molecule has 4 rings (SSSR count). The summed E-state index contributed by atoms with van der Waals surface area (Å²) in [5, 5.41) is 3.87. The molecule has 0 spiro atoms. The SMILES string of the molecule is CC(C)(C)C(N=P(c1ccccc1)(c1ccccc1)c1ccccc1)c1ccccc1. The monoisotopic (exact) mass is 423 g/mol. The highest BCUT2D eigenvalue weighted by atomic mass is 31.2. The molecule has 0 bridgehead atoms. The zero-order valence-corrected chi connectivity index (χ0v) is 19.4. The van der Waals surface area contributed by atoms with Gasteiger partial charge in [0.25, 0.3) is 0 Å². The third-order valence-electron chi connectivity index (χ3n) is 5.61. The summed E-state index contributed by atoms with van der Waals surface area (Å²) in [5.74, 6) is 0. The Kier molecular flexibility index (Phi) is 6.25. The van der Waals surface area contributed by atoms with Gasteiger partial charge in [0.15, 0.2) is 0 Å². The molecule has 0 aliphatic rings. The molecule has 31 heavy (non-hydrogen) atoms. The van der Waals surface area contributed by atoms with Crippen molar-refractivity contribution in [3.05, 3.63) is 127 Å². The lowest BCUT2D eigenvalue weighted by molar-refractivity contribution is 0.331. The van der Waals surface area contributed by atoms with Gasteiger partial charge in [-0.05, 0) is 11.0 Å². The molecule has 1 nitrogen and oxygen atoms in total. The maximum atomic E-state index is 5.87. The first-order valence-corrected chi connectivity index (χ1v) is 12.6. The zero-order valence-electron chi connectivity index (χ0n) is 18.5. The Bertz CT molecular complexity index is 1040. The second kappa shape index (κ2) is 9.08. The predicted octanol–water partition coefficient (Wildman–Crippen LogP) is 6.95. The molecule has 2 heteroatoms. The van der Waals surface area contributed by atoms with Gasteiger partial charge in [-0.1, -0.05) is 142 Å². The maximum Gasteiger partial charge on any atom is 0.0793 e. The molecule has 0 radical (unpaired) electrons. The molecule has 4 aromatic rings. The molecule has 0 saturated carbocycles. The summed E-state index contributed by atoms with van der Waals surface area (Å²) in [6.07, 6.45) is 0. The lowest BCUT2D eigenvalue weighted by atomic mass is 9.83. The minimum atomic E-state index is -2.25. The average molecular weight is 424 g/mol. The maximum absolute atomic E-state index is 5.87. The normalized spacial score (nSPS) is 12.9. The minimum Gasteiger partial charge on any atom is -0.281 e. The van der Waals surface area contributed by atoms with Gasteiger partial charge in [0.2, 0.25) is 0 Å². The van der Waals surface area contributed by atoms with Crippen LogP contribution in [0.3, 0.4) is 0 Å². The van der Waals surface area contributed by atoms with Gasteiger partial charge in [0.05, 0.1) is 13.1 Å². The molecule has 0 aliphatic heterocycles. The summed E-state index contributed by atoms with van der Waals surface area (Å²) in [4.78, 5) is 0. The molecule has 0 heterocycles. The van der Waals surface area contributed by atoms with E-state index in [1.54, 1.807) is 0 Å². The molecule has 0 amide bonds. The zero-order chi connectivity index (χ0) is 21.7. The van der Waals surface area contributed by atoms with Crippen molar-refractivity contribution in [2.75, 3.05) is 0 Å². The van der Waals surface area contributed by atoms with Crippen LogP contribution in [0.25, 0.3) is 0 Å². The first-order valence-electron chi connectivity index (χ1n) is 10.8. The highest BCUT2D eigenvalue weighted by molar-refractivity contribution is 7.87. The number of hydrogen-bond donors (Lipinski definition) is 0. The second-order valence-electron chi connectivity index (χ2n) is 8.94. The first kappa shape index (κ1) is 21.3. The van der Waals surface area contributed by atoms with Crippen LogP contribution < -0.4 is 15.9 Å². The topological polar surface area (TPSA) is 12.4 Å². The Morgan fingerprint density at radius 1 is 0.516 bits per heavy atom. The van der Waals surface area contributed by atoms with E-state index in [2.05, 4.69) is 142 Å². The molecule has 156 valence electrons. The Balaban J connectivity index is 2.14. The Morgan fingerprint density at radius 3 is 1.16 bits per heavy atom. The number of nitrogens with zero attached hydrogens (tertiary/aromatic N) is 1. The summed E-state index contributed by atoms with van der Waals surface area (Å²) in [6, 6.07) is 43.4. The minimum absolute atomic E-state index is 0.0229. The third kappa shape index (κ3) is 4.43. The van der Waals surface area contributed by atoms with Crippen LogP contribution in [0, 0.1) is 5.41 Å². The fourth-order valence-electron chi connectivity index (χ4n) is 4.13. The van der Waals surface area contributed by atoms with E-state index in [0.29, 0.717) is 0 Å². The van der Waals surface area contributed by atoms with Crippen LogP contribution in [0.15, 0.2) is 126 Å². The molecule has 0 aromatic heterocycles. The van der Waals surface area contributed by atoms with E-state index in [1.807, 2.05) is 0 Å². The molecule has 0 aliphatic carbocycles. The third-order valence-corrected chi connectivity index (χ3v) is 9.33. The van der Waals surface area contributed by atoms with Crippen LogP contribution in [0.2, 0.25) is 0 Å². The Morgan fingerprint density at radius 2 is 0.839 bits per heavy atom. The molecule has 1 atom stereocenters. The van der Waals surface area contributed by atoms with Gasteiger partial charge in [0.1, 0.15) is 0 Å². The van der Waals surface area contributed by atoms with Crippen molar-refractivity contribution in [3.63, 3.8) is 0 Å². The van der Waals surface area contributed by atoms with E-state index in [9.17, 15) is 0 Å². The van der Waals surface area contributed by atoms with E-state index >= 15 is 0 Å². The van der Waals surface area contributed by atoms with Crippen molar-refractivity contribution in [2.45, 2.75) is 26.8 Å². The van der Waals surface area contributed by atoms with Crippen molar-refractivity contribution in [2.24, 2.45) is 10.2 Å². The van der Waals surface area contributed by atoms with Gasteiger partial charge < -0.3 is 0 Å². The fourth-order valence-corrected chi connectivity index (χ4v) is 8.06. The molecular weight excluding hydrogens is 393 g/mol. The van der Waals surface area contributed by atoms with Gasteiger partial charge in [-0.2, -0.15) is 0 Å². The molecule has 0 saturated heterocycles. The molecule has 1 unspecified atom stereocenters. The molecule has 0 fully saturated rings. The first-order chi connectivity index (χ1) is 15.0. The smallest absolute Gasteiger partial charge is 0.0793 e. The van der Waals surface area contributed by atoms with Crippen LogP contribution >= 0.6 is 7.05 Å². The molecule has 4 aromatic carbocycles. The van der Waals surface area contributed by atoms with E-state index in [-0.39, 0.29) is 11.5 Å². The largest absolute Gasteiger partial charge is 0.281 e. The van der Waals surface area contributed by atoms with Crippen LogP contribution in [0.5, 0.6) is 0 Å². The second-order valence-corrected chi connectivity index (χ2v) is 12.0. The number of hydrogen-bond acceptors (Lipinski definition) is 1. The summed E-state index contributed by atoms with van der Waals surface area (Å²) < 4.78 is 5.87. The number of benzene rings is 4. The van der Waals surface area contributed by atoms with Gasteiger partial charge >= 0.3 is 0 Å². The van der Waals surface area contributed by atoms with E-state index < -0.39 is 7.05 Å². The van der Waals surface area contributed by atoms with Crippen molar-refractivity contribution in [1.82, 2.24) is 0 Å². The van der Waals surface area contributed by atoms with E-state index in [4.69, 9.17) is 4.74 Å². The van der Waals surface area contributed by atoms with Crippen LogP contribution in [-0.4, -0.2) is 0 Å². The standard InChI is InChI=1S/C29H30NP/c1-29(2,3)28(24-16-8-4-9-17-24)30-31(25-18-10-5-11-19-25,26-20-12-6-13-21-26)27-22-14-7-15-23-27/h4-23,28H,1-3H3. The van der Waals surface area contributed by atoms with E-state index in [1.165, 1.54) is 21.5 Å². The molecular formula is C29H30NP. The van der Waals surface area contributed by atoms with Crippen LogP contribution in [0.4, 0.5) is 0 Å². The quantitative estimate of drug-likeness (QED) is 0.308. The van der Waals surface area contributed by atoms with Gasteiger partial charge in [0, 0.05) is 15.9 Å².